The van der Waals surface area contributed by atoms with Gasteiger partial charge < -0.3 is 10.1 Å². The molecule has 1 N–H and O–H groups in total. The number of nitrogens with zero attached hydrogens (tertiary/aromatic N) is 7. The zero-order chi connectivity index (χ0) is 28.6. The molecule has 0 aliphatic carbocycles. The lowest BCUT2D eigenvalue weighted by Crippen LogP contribution is -2.48. The van der Waals surface area contributed by atoms with Gasteiger partial charge in [0, 0.05) is 21.8 Å². The van der Waals surface area contributed by atoms with Crippen molar-refractivity contribution in [3.8, 4) is 5.82 Å². The highest BCUT2D eigenvalue weighted by molar-refractivity contribution is 14.1. The first-order valence-electron chi connectivity index (χ1n) is 11.7. The topological polar surface area (TPSA) is 130 Å². The van der Waals surface area contributed by atoms with Crippen molar-refractivity contribution in [1.82, 2.24) is 40.3 Å². The second-order valence-electron chi connectivity index (χ2n) is 8.94. The van der Waals surface area contributed by atoms with Crippen molar-refractivity contribution in [3.05, 3.63) is 79.0 Å². The quantitative estimate of drug-likeness (QED) is 0.221. The molecule has 0 radical (unpaired) electrons. The Balaban J connectivity index is 1.50. The highest BCUT2D eigenvalue weighted by atomic mass is 127. The van der Waals surface area contributed by atoms with Gasteiger partial charge in [0.1, 0.15) is 12.2 Å². The Hall–Kier alpha value is -3.44. The van der Waals surface area contributed by atoms with Gasteiger partial charge in [0.25, 0.3) is 11.7 Å². The van der Waals surface area contributed by atoms with Gasteiger partial charge in [-0.15, -0.1) is 10.2 Å². The van der Waals surface area contributed by atoms with Crippen molar-refractivity contribution in [2.24, 2.45) is 0 Å². The number of alkyl halides is 3. The second kappa shape index (κ2) is 11.2. The number of hydrogen-bond acceptors (Lipinski definition) is 8. The summed E-state index contributed by atoms with van der Waals surface area (Å²) in [5.41, 5.74) is 1.85. The number of halogens is 5. The van der Waals surface area contributed by atoms with E-state index in [-0.39, 0.29) is 47.1 Å². The van der Waals surface area contributed by atoms with E-state index in [4.69, 9.17) is 16.3 Å². The van der Waals surface area contributed by atoms with Crippen LogP contribution in [0.1, 0.15) is 43.5 Å². The minimum atomic E-state index is -4.76. The van der Waals surface area contributed by atoms with Crippen LogP contribution in [-0.4, -0.2) is 65.9 Å². The van der Waals surface area contributed by atoms with Gasteiger partial charge in [-0.25, -0.2) is 9.67 Å². The number of benzene rings is 1. The SMILES string of the molecule is Cc1cc(I)cc(C(=O)NC2COC2)c1CC(=O)c1cc(Cn2nnc(C(F)(F)F)n2)nn1-c1ncccc1Cl. The van der Waals surface area contributed by atoms with Crippen molar-refractivity contribution in [2.75, 3.05) is 13.2 Å². The zero-order valence-corrected chi connectivity index (χ0v) is 23.5. The molecule has 0 spiro atoms. The van der Waals surface area contributed by atoms with Crippen LogP contribution >= 0.6 is 34.2 Å². The van der Waals surface area contributed by atoms with E-state index in [1.54, 1.807) is 25.1 Å². The fraction of sp³-hybridized carbons (Fsp3) is 0.292. The lowest BCUT2D eigenvalue weighted by Gasteiger charge is -2.27. The number of nitrogens with one attached hydrogen (secondary N) is 1. The van der Waals surface area contributed by atoms with Crippen LogP contribution < -0.4 is 5.32 Å². The third-order valence-corrected chi connectivity index (χ3v) is 6.91. The van der Waals surface area contributed by atoms with Crippen LogP contribution in [0.3, 0.4) is 0 Å². The number of Topliss-reactive ketones (excluding diaryl/α,β-unsaturated/α-hetero) is 1. The van der Waals surface area contributed by atoms with Crippen molar-refractivity contribution in [3.63, 3.8) is 0 Å². The van der Waals surface area contributed by atoms with Crippen LogP contribution in [0, 0.1) is 10.5 Å². The van der Waals surface area contributed by atoms with Gasteiger partial charge in [-0.3, -0.25) is 9.59 Å². The standard InChI is InChI=1S/C24H19ClF3IN8O3/c1-12-5-13(29)6-17(22(39)31-15-10-40-11-15)16(12)8-20(38)19-7-14(9-36-34-23(32-35-36)24(26,27)28)33-37(19)21-18(25)3-2-4-30-21/h2-7,15H,8-11H2,1H3,(H,31,39). The summed E-state index contributed by atoms with van der Waals surface area (Å²) in [6, 6.07) is 8.02. The van der Waals surface area contributed by atoms with Crippen LogP contribution in [0.4, 0.5) is 13.2 Å². The molecular weight excluding hydrogens is 668 g/mol. The number of ether oxygens (including phenoxy) is 1. The number of pyridine rings is 1. The first-order valence-corrected chi connectivity index (χ1v) is 13.2. The average Bonchev–Trinajstić information content (AvgIpc) is 3.51. The van der Waals surface area contributed by atoms with E-state index in [0.717, 1.165) is 13.9 Å². The van der Waals surface area contributed by atoms with Gasteiger partial charge >= 0.3 is 6.18 Å². The van der Waals surface area contributed by atoms with Gasteiger partial charge in [-0.2, -0.15) is 23.1 Å². The molecule has 40 heavy (non-hydrogen) atoms. The minimum Gasteiger partial charge on any atom is -0.377 e. The van der Waals surface area contributed by atoms with Gasteiger partial charge in [0.05, 0.1) is 30.0 Å². The van der Waals surface area contributed by atoms with Crippen molar-refractivity contribution < 1.29 is 27.5 Å². The number of carbonyl (C=O) groups is 2. The summed E-state index contributed by atoms with van der Waals surface area (Å²) in [5.74, 6) is -2.00. The number of aromatic nitrogens is 7. The Labute approximate surface area is 243 Å². The zero-order valence-electron chi connectivity index (χ0n) is 20.6. The Morgan fingerprint density at radius 2 is 2.00 bits per heavy atom. The smallest absolute Gasteiger partial charge is 0.377 e. The summed E-state index contributed by atoms with van der Waals surface area (Å²) in [5, 5.41) is 17.3. The average molecular weight is 687 g/mol. The van der Waals surface area contributed by atoms with Crippen molar-refractivity contribution in [2.45, 2.75) is 32.1 Å². The normalized spacial score (nSPS) is 13.8. The third-order valence-electron chi connectivity index (χ3n) is 5.99. The van der Waals surface area contributed by atoms with Crippen LogP contribution in [0.15, 0.2) is 36.5 Å². The number of ketones is 1. The molecule has 3 aromatic heterocycles. The molecule has 5 rings (SSSR count). The van der Waals surface area contributed by atoms with E-state index in [2.05, 4.69) is 53.4 Å². The van der Waals surface area contributed by atoms with E-state index < -0.39 is 17.8 Å². The molecule has 0 atom stereocenters. The van der Waals surface area contributed by atoms with Gasteiger partial charge in [-0.05, 0) is 76.2 Å². The maximum absolute atomic E-state index is 13.7. The summed E-state index contributed by atoms with van der Waals surface area (Å²) < 4.78 is 46.0. The molecule has 11 nitrogen and oxygen atoms in total. The molecule has 1 aromatic carbocycles. The van der Waals surface area contributed by atoms with Crippen LogP contribution in [0.5, 0.6) is 0 Å². The molecule has 208 valence electrons. The number of carbonyl (C=O) groups excluding carboxylic acids is 2. The first kappa shape index (κ1) is 28.1. The van der Waals surface area contributed by atoms with E-state index in [1.807, 2.05) is 6.07 Å². The molecule has 1 fully saturated rings. The molecule has 4 aromatic rings. The van der Waals surface area contributed by atoms with E-state index in [1.165, 1.54) is 16.9 Å². The summed E-state index contributed by atoms with van der Waals surface area (Å²) in [6.45, 7) is 2.34. The van der Waals surface area contributed by atoms with E-state index in [0.29, 0.717) is 24.3 Å². The van der Waals surface area contributed by atoms with E-state index >= 15 is 0 Å². The largest absolute Gasteiger partial charge is 0.455 e. The summed E-state index contributed by atoms with van der Waals surface area (Å²) in [7, 11) is 0. The minimum absolute atomic E-state index is 0.0588. The lowest BCUT2D eigenvalue weighted by atomic mass is 9.95. The molecular formula is C24H19ClF3IN8O3. The van der Waals surface area contributed by atoms with Gasteiger partial charge in [0.2, 0.25) is 0 Å². The fourth-order valence-electron chi connectivity index (χ4n) is 4.01. The lowest BCUT2D eigenvalue weighted by molar-refractivity contribution is -0.145. The number of hydrogen-bond donors (Lipinski definition) is 1. The monoisotopic (exact) mass is 686 g/mol. The number of aryl methyl sites for hydroxylation is 1. The molecule has 1 aliphatic rings. The van der Waals surface area contributed by atoms with Gasteiger partial charge in [0.15, 0.2) is 11.6 Å². The van der Waals surface area contributed by atoms with Gasteiger partial charge in [-0.1, -0.05) is 11.6 Å². The molecule has 1 saturated heterocycles. The summed E-state index contributed by atoms with van der Waals surface area (Å²) in [4.78, 5) is 31.8. The van der Waals surface area contributed by atoms with Crippen molar-refractivity contribution in [1.29, 1.82) is 0 Å². The first-order chi connectivity index (χ1) is 19.0. The highest BCUT2D eigenvalue weighted by Gasteiger charge is 2.37. The maximum atomic E-state index is 13.7. The maximum Gasteiger partial charge on any atom is 0.455 e. The van der Waals surface area contributed by atoms with Crippen molar-refractivity contribution >= 4 is 45.9 Å². The Morgan fingerprint density at radius 1 is 1.23 bits per heavy atom. The Morgan fingerprint density at radius 3 is 2.65 bits per heavy atom. The summed E-state index contributed by atoms with van der Waals surface area (Å²) >= 11 is 8.44. The predicted octanol–water partition coefficient (Wildman–Crippen LogP) is 3.44. The third kappa shape index (κ3) is 6.00. The molecule has 0 unspecified atom stereocenters. The molecule has 1 aliphatic heterocycles. The summed E-state index contributed by atoms with van der Waals surface area (Å²) in [6.07, 6.45) is -3.47. The number of tetrazole rings is 1. The van der Waals surface area contributed by atoms with Crippen LogP contribution in [0.25, 0.3) is 5.82 Å². The fourth-order valence-corrected chi connectivity index (χ4v) is 4.99. The Kier molecular flexibility index (Phi) is 7.87. The molecule has 0 saturated carbocycles. The molecule has 0 bridgehead atoms. The second-order valence-corrected chi connectivity index (χ2v) is 10.6. The number of amides is 1. The van der Waals surface area contributed by atoms with Crippen LogP contribution in [0.2, 0.25) is 5.02 Å². The molecule has 1 amide bonds. The molecule has 4 heterocycles. The van der Waals surface area contributed by atoms with E-state index in [9.17, 15) is 22.8 Å². The highest BCUT2D eigenvalue weighted by Crippen LogP contribution is 2.26. The van der Waals surface area contributed by atoms with Crippen LogP contribution in [-0.2, 0) is 23.9 Å². The predicted molar refractivity (Wildman–Crippen MR) is 142 cm³/mol. The number of rotatable bonds is 8. The Bertz CT molecular complexity index is 1600. The molecule has 16 heteroatoms.